The van der Waals surface area contributed by atoms with Gasteiger partial charge in [0.15, 0.2) is 5.78 Å². The lowest BCUT2D eigenvalue weighted by Gasteiger charge is -2.19. The minimum Gasteiger partial charge on any atom is -0.465 e. The van der Waals surface area contributed by atoms with Gasteiger partial charge in [0.2, 0.25) is 0 Å². The van der Waals surface area contributed by atoms with Gasteiger partial charge in [-0.25, -0.2) is 4.79 Å². The second-order valence-electron chi connectivity index (χ2n) is 2.80. The van der Waals surface area contributed by atoms with E-state index >= 15 is 0 Å². The summed E-state index contributed by atoms with van der Waals surface area (Å²) in [6, 6.07) is -0.493. The molecule has 1 aliphatic heterocycles. The Morgan fingerprint density at radius 1 is 1.58 bits per heavy atom. The third-order valence-corrected chi connectivity index (χ3v) is 2.07. The molecular formula is C7H12N2O3. The Morgan fingerprint density at radius 2 is 2.25 bits per heavy atom. The highest BCUT2D eigenvalue weighted by molar-refractivity contribution is 5.88. The third-order valence-electron chi connectivity index (χ3n) is 2.07. The summed E-state index contributed by atoms with van der Waals surface area (Å²) in [5, 5.41) is 8.66. The number of amides is 1. The number of carbonyl (C=O) groups excluding carboxylic acids is 1. The molecule has 1 aliphatic rings. The van der Waals surface area contributed by atoms with Gasteiger partial charge in [-0.05, 0) is 12.8 Å². The van der Waals surface area contributed by atoms with Gasteiger partial charge in [-0.1, -0.05) is 0 Å². The highest BCUT2D eigenvalue weighted by atomic mass is 16.4. The number of carbonyl (C=O) groups is 2. The minimum atomic E-state index is -1.03. The fraction of sp³-hybridized carbons (Fsp3) is 0.714. The van der Waals surface area contributed by atoms with Crippen LogP contribution in [0.25, 0.3) is 0 Å². The van der Waals surface area contributed by atoms with E-state index < -0.39 is 12.1 Å². The quantitative estimate of drug-likeness (QED) is 0.596. The summed E-state index contributed by atoms with van der Waals surface area (Å²) in [5.74, 6) is -0.185. The average Bonchev–Trinajstić information content (AvgIpc) is 2.50. The van der Waals surface area contributed by atoms with E-state index in [1.807, 2.05) is 0 Å². The third kappa shape index (κ3) is 1.55. The average molecular weight is 172 g/mol. The van der Waals surface area contributed by atoms with Crippen LogP contribution >= 0.6 is 0 Å². The summed E-state index contributed by atoms with van der Waals surface area (Å²) in [6.07, 6.45) is 0.338. The van der Waals surface area contributed by atoms with Gasteiger partial charge in [-0.2, -0.15) is 0 Å². The van der Waals surface area contributed by atoms with E-state index in [1.165, 1.54) is 0 Å². The fourth-order valence-corrected chi connectivity index (χ4v) is 1.47. The molecule has 0 aromatic heterocycles. The molecular weight excluding hydrogens is 160 g/mol. The number of carboxylic acid groups (broad SMARTS) is 1. The number of hydrogen-bond acceptors (Lipinski definition) is 3. The molecule has 0 aromatic rings. The number of rotatable bonds is 2. The van der Waals surface area contributed by atoms with Crippen molar-refractivity contribution in [2.45, 2.75) is 18.9 Å². The molecule has 5 heteroatoms. The van der Waals surface area contributed by atoms with Gasteiger partial charge in [-0.15, -0.1) is 0 Å². The molecule has 1 heterocycles. The fourth-order valence-electron chi connectivity index (χ4n) is 1.47. The first-order valence-corrected chi connectivity index (χ1v) is 3.89. The number of nitrogens with zero attached hydrogens (tertiary/aromatic N) is 1. The van der Waals surface area contributed by atoms with Crippen LogP contribution in [-0.2, 0) is 4.79 Å². The summed E-state index contributed by atoms with van der Waals surface area (Å²) < 4.78 is 0. The zero-order chi connectivity index (χ0) is 9.14. The molecule has 1 atom stereocenters. The molecule has 0 radical (unpaired) electrons. The Morgan fingerprint density at radius 3 is 2.75 bits per heavy atom. The molecule has 68 valence electrons. The molecule has 0 spiro atoms. The monoisotopic (exact) mass is 172 g/mol. The number of likely N-dealkylation sites (tertiary alicyclic amines) is 1. The van der Waals surface area contributed by atoms with Crippen LogP contribution in [0.5, 0.6) is 0 Å². The van der Waals surface area contributed by atoms with E-state index in [-0.39, 0.29) is 12.3 Å². The van der Waals surface area contributed by atoms with Gasteiger partial charge in [0.25, 0.3) is 0 Å². The van der Waals surface area contributed by atoms with Crippen molar-refractivity contribution in [2.75, 3.05) is 13.1 Å². The summed E-state index contributed by atoms with van der Waals surface area (Å²) in [6.45, 7) is 0.375. The SMILES string of the molecule is NCC(=O)[C@@H]1CCCN1C(=O)O. The highest BCUT2D eigenvalue weighted by Gasteiger charge is 2.32. The summed E-state index contributed by atoms with van der Waals surface area (Å²) in [4.78, 5) is 22.8. The second kappa shape index (κ2) is 3.53. The molecule has 0 bridgehead atoms. The Labute approximate surface area is 70.1 Å². The van der Waals surface area contributed by atoms with Crippen molar-refractivity contribution in [1.29, 1.82) is 0 Å². The Balaban J connectivity index is 2.63. The molecule has 1 amide bonds. The van der Waals surface area contributed by atoms with Crippen LogP contribution in [0.3, 0.4) is 0 Å². The largest absolute Gasteiger partial charge is 0.465 e. The van der Waals surface area contributed by atoms with Gasteiger partial charge < -0.3 is 10.8 Å². The Bertz CT molecular complexity index is 205. The minimum absolute atomic E-state index is 0.0750. The molecule has 1 saturated heterocycles. The van der Waals surface area contributed by atoms with Crippen molar-refractivity contribution < 1.29 is 14.7 Å². The Kier molecular flexibility index (Phi) is 2.65. The van der Waals surface area contributed by atoms with E-state index in [4.69, 9.17) is 10.8 Å². The van der Waals surface area contributed by atoms with Crippen LogP contribution in [0, 0.1) is 0 Å². The summed E-state index contributed by atoms with van der Waals surface area (Å²) >= 11 is 0. The lowest BCUT2D eigenvalue weighted by Crippen LogP contribution is -2.42. The van der Waals surface area contributed by atoms with Gasteiger partial charge in [0.1, 0.15) is 0 Å². The van der Waals surface area contributed by atoms with Crippen LogP contribution in [0.15, 0.2) is 0 Å². The van der Waals surface area contributed by atoms with Crippen LogP contribution in [0.2, 0.25) is 0 Å². The number of hydrogen-bond donors (Lipinski definition) is 2. The first-order chi connectivity index (χ1) is 5.66. The van der Waals surface area contributed by atoms with E-state index in [2.05, 4.69) is 0 Å². The molecule has 5 nitrogen and oxygen atoms in total. The first-order valence-electron chi connectivity index (χ1n) is 3.89. The maximum atomic E-state index is 11.1. The maximum Gasteiger partial charge on any atom is 0.407 e. The lowest BCUT2D eigenvalue weighted by atomic mass is 10.1. The smallest absolute Gasteiger partial charge is 0.407 e. The van der Waals surface area contributed by atoms with Crippen molar-refractivity contribution in [2.24, 2.45) is 5.73 Å². The normalized spacial score (nSPS) is 22.8. The molecule has 0 aromatic carbocycles. The number of Topliss-reactive ketones (excluding diaryl/α,β-unsaturated/α-hetero) is 1. The first kappa shape index (κ1) is 8.99. The molecule has 0 aliphatic carbocycles. The Hall–Kier alpha value is -1.10. The summed E-state index contributed by atoms with van der Waals surface area (Å²) in [5.41, 5.74) is 5.15. The summed E-state index contributed by atoms with van der Waals surface area (Å²) in [7, 11) is 0. The molecule has 0 saturated carbocycles. The zero-order valence-electron chi connectivity index (χ0n) is 6.69. The standard InChI is InChI=1S/C7H12N2O3/c8-4-6(10)5-2-1-3-9(5)7(11)12/h5H,1-4,8H2,(H,11,12)/t5-/m0/s1. The zero-order valence-corrected chi connectivity index (χ0v) is 6.69. The van der Waals surface area contributed by atoms with Crippen molar-refractivity contribution in [3.8, 4) is 0 Å². The van der Waals surface area contributed by atoms with Gasteiger partial charge in [0, 0.05) is 6.54 Å². The number of nitrogens with two attached hydrogens (primary N) is 1. The molecule has 1 rings (SSSR count). The van der Waals surface area contributed by atoms with E-state index in [0.29, 0.717) is 13.0 Å². The van der Waals surface area contributed by atoms with E-state index in [1.54, 1.807) is 0 Å². The van der Waals surface area contributed by atoms with E-state index in [9.17, 15) is 9.59 Å². The van der Waals surface area contributed by atoms with Crippen molar-refractivity contribution in [3.05, 3.63) is 0 Å². The van der Waals surface area contributed by atoms with Gasteiger partial charge in [0.05, 0.1) is 12.6 Å². The van der Waals surface area contributed by atoms with Crippen molar-refractivity contribution in [1.82, 2.24) is 4.90 Å². The topological polar surface area (TPSA) is 83.6 Å². The second-order valence-corrected chi connectivity index (χ2v) is 2.80. The molecule has 12 heavy (non-hydrogen) atoms. The van der Waals surface area contributed by atoms with E-state index in [0.717, 1.165) is 11.3 Å². The van der Waals surface area contributed by atoms with Crippen LogP contribution in [0.1, 0.15) is 12.8 Å². The predicted octanol–water partition coefficient (Wildman–Crippen LogP) is -0.343. The van der Waals surface area contributed by atoms with Crippen LogP contribution < -0.4 is 5.73 Å². The molecule has 3 N–H and O–H groups in total. The predicted molar refractivity (Wildman–Crippen MR) is 41.8 cm³/mol. The lowest BCUT2D eigenvalue weighted by molar-refractivity contribution is -0.121. The van der Waals surface area contributed by atoms with Crippen molar-refractivity contribution in [3.63, 3.8) is 0 Å². The molecule has 1 fully saturated rings. The van der Waals surface area contributed by atoms with Gasteiger partial charge in [-0.3, -0.25) is 9.69 Å². The van der Waals surface area contributed by atoms with Crippen molar-refractivity contribution >= 4 is 11.9 Å². The molecule has 0 unspecified atom stereocenters. The number of ketones is 1. The van der Waals surface area contributed by atoms with Crippen LogP contribution in [0.4, 0.5) is 4.79 Å². The van der Waals surface area contributed by atoms with Crippen LogP contribution in [-0.4, -0.2) is 41.0 Å². The highest BCUT2D eigenvalue weighted by Crippen LogP contribution is 2.17. The maximum absolute atomic E-state index is 11.1. The van der Waals surface area contributed by atoms with Gasteiger partial charge >= 0.3 is 6.09 Å².